The standard InChI is InChI=1S/C26H24F4N4O2/c1-16-6-3-8-19(27)22(16)32-13-11-18(15-32)34-20-9-4-10-21(36-2)23(20)33(25(34)35)14-17-7-5-12-31-24(17)26(28,29)30/h3-10,12,18H,11,13-15H2,1-2H3/t18-/m1/s1. The molecule has 0 spiro atoms. The molecule has 0 bridgehead atoms. The van der Waals surface area contributed by atoms with E-state index in [2.05, 4.69) is 4.98 Å². The van der Waals surface area contributed by atoms with E-state index in [1.54, 1.807) is 28.8 Å². The Morgan fingerprint density at radius 1 is 1.11 bits per heavy atom. The van der Waals surface area contributed by atoms with Gasteiger partial charge in [-0.05, 0) is 43.2 Å². The van der Waals surface area contributed by atoms with E-state index in [-0.39, 0.29) is 24.0 Å². The molecule has 0 N–H and O–H groups in total. The maximum atomic E-state index is 14.6. The van der Waals surface area contributed by atoms with Gasteiger partial charge in [0.2, 0.25) is 0 Å². The van der Waals surface area contributed by atoms with E-state index in [1.165, 1.54) is 29.9 Å². The minimum atomic E-state index is -4.66. The van der Waals surface area contributed by atoms with Crippen LogP contribution in [-0.2, 0) is 12.7 Å². The number of halogens is 4. The fourth-order valence-corrected chi connectivity index (χ4v) is 5.14. The van der Waals surface area contributed by atoms with Crippen LogP contribution in [-0.4, -0.2) is 34.3 Å². The SMILES string of the molecule is COc1cccc2c1n(Cc1cccnc1C(F)(F)F)c(=O)n2[C@@H]1CCN(c2c(C)cccc2F)C1. The molecular formula is C26H24F4N4O2. The first-order valence-electron chi connectivity index (χ1n) is 11.5. The molecule has 1 aliphatic rings. The number of pyridine rings is 1. The molecule has 0 aliphatic carbocycles. The summed E-state index contributed by atoms with van der Waals surface area (Å²) in [6.07, 6.45) is -3.01. The number of aromatic nitrogens is 3. The highest BCUT2D eigenvalue weighted by molar-refractivity contribution is 5.83. The number of alkyl halides is 3. The number of nitrogens with zero attached hydrogens (tertiary/aromatic N) is 4. The molecule has 2 aromatic carbocycles. The summed E-state index contributed by atoms with van der Waals surface area (Å²) in [4.78, 5) is 19.2. The molecule has 1 fully saturated rings. The number of hydrogen-bond donors (Lipinski definition) is 0. The van der Waals surface area contributed by atoms with Crippen molar-refractivity contribution in [1.29, 1.82) is 0 Å². The number of anilines is 1. The van der Waals surface area contributed by atoms with E-state index in [1.807, 2.05) is 17.9 Å². The normalized spacial score (nSPS) is 16.2. The van der Waals surface area contributed by atoms with E-state index >= 15 is 0 Å². The van der Waals surface area contributed by atoms with Crippen LogP contribution in [0.25, 0.3) is 11.0 Å². The van der Waals surface area contributed by atoms with Crippen molar-refractivity contribution in [3.63, 3.8) is 0 Å². The minimum Gasteiger partial charge on any atom is -0.494 e. The third kappa shape index (κ3) is 4.00. The molecule has 36 heavy (non-hydrogen) atoms. The van der Waals surface area contributed by atoms with Gasteiger partial charge in [-0.15, -0.1) is 0 Å². The van der Waals surface area contributed by atoms with Gasteiger partial charge in [-0.2, -0.15) is 13.2 Å². The maximum Gasteiger partial charge on any atom is 0.433 e. The number of hydrogen-bond acceptors (Lipinski definition) is 4. The Kier molecular flexibility index (Phi) is 5.97. The van der Waals surface area contributed by atoms with Crippen molar-refractivity contribution in [1.82, 2.24) is 14.1 Å². The number of aryl methyl sites for hydroxylation is 1. The van der Waals surface area contributed by atoms with Crippen LogP contribution < -0.4 is 15.3 Å². The molecule has 10 heteroatoms. The van der Waals surface area contributed by atoms with E-state index in [4.69, 9.17) is 4.74 Å². The molecule has 1 aliphatic heterocycles. The molecule has 6 nitrogen and oxygen atoms in total. The van der Waals surface area contributed by atoms with Gasteiger partial charge in [-0.3, -0.25) is 14.1 Å². The maximum absolute atomic E-state index is 14.6. The highest BCUT2D eigenvalue weighted by Crippen LogP contribution is 2.35. The van der Waals surface area contributed by atoms with Gasteiger partial charge >= 0.3 is 11.9 Å². The third-order valence-corrected chi connectivity index (χ3v) is 6.69. The lowest BCUT2D eigenvalue weighted by Crippen LogP contribution is -2.30. The molecule has 3 heterocycles. The van der Waals surface area contributed by atoms with Crippen LogP contribution in [0.1, 0.15) is 29.3 Å². The van der Waals surface area contributed by atoms with Crippen molar-refractivity contribution in [2.24, 2.45) is 0 Å². The Labute approximate surface area is 204 Å². The van der Waals surface area contributed by atoms with Crippen molar-refractivity contribution in [3.05, 3.63) is 87.9 Å². The van der Waals surface area contributed by atoms with E-state index in [0.29, 0.717) is 42.0 Å². The van der Waals surface area contributed by atoms with Crippen molar-refractivity contribution >= 4 is 16.7 Å². The first-order chi connectivity index (χ1) is 17.2. The largest absolute Gasteiger partial charge is 0.494 e. The van der Waals surface area contributed by atoms with Gasteiger partial charge in [0, 0.05) is 24.8 Å². The van der Waals surface area contributed by atoms with Crippen LogP contribution in [0.4, 0.5) is 23.2 Å². The van der Waals surface area contributed by atoms with E-state index in [9.17, 15) is 22.4 Å². The zero-order valence-corrected chi connectivity index (χ0v) is 19.7. The monoisotopic (exact) mass is 500 g/mol. The van der Waals surface area contributed by atoms with Crippen LogP contribution in [0.15, 0.2) is 59.5 Å². The zero-order valence-electron chi connectivity index (χ0n) is 19.7. The molecule has 1 atom stereocenters. The number of methoxy groups -OCH3 is 1. The van der Waals surface area contributed by atoms with Gasteiger partial charge in [-0.25, -0.2) is 9.18 Å². The number of fused-ring (bicyclic) bond motifs is 1. The Hall–Kier alpha value is -3.82. The summed E-state index contributed by atoms with van der Waals surface area (Å²) in [5.74, 6) is 0.0453. The van der Waals surface area contributed by atoms with Crippen LogP contribution in [0.2, 0.25) is 0 Å². The Bertz CT molecular complexity index is 1470. The average molecular weight is 500 g/mol. The number of benzene rings is 2. The minimum absolute atomic E-state index is 0.118. The number of rotatable bonds is 5. The molecule has 0 saturated carbocycles. The summed E-state index contributed by atoms with van der Waals surface area (Å²) in [5, 5.41) is 0. The van der Waals surface area contributed by atoms with Crippen LogP contribution in [0.5, 0.6) is 5.75 Å². The van der Waals surface area contributed by atoms with Crippen LogP contribution in [0, 0.1) is 12.7 Å². The average Bonchev–Trinajstić information content (AvgIpc) is 3.41. The predicted molar refractivity (Wildman–Crippen MR) is 128 cm³/mol. The zero-order chi connectivity index (χ0) is 25.6. The highest BCUT2D eigenvalue weighted by Gasteiger charge is 2.36. The molecule has 5 rings (SSSR count). The van der Waals surface area contributed by atoms with Gasteiger partial charge in [0.1, 0.15) is 22.8 Å². The van der Waals surface area contributed by atoms with E-state index < -0.39 is 17.6 Å². The fourth-order valence-electron chi connectivity index (χ4n) is 5.14. The molecule has 0 radical (unpaired) electrons. The molecule has 4 aromatic rings. The van der Waals surface area contributed by atoms with Gasteiger partial charge in [0.05, 0.1) is 30.9 Å². The fraction of sp³-hybridized carbons (Fsp3) is 0.308. The second kappa shape index (κ2) is 9.00. The lowest BCUT2D eigenvalue weighted by molar-refractivity contribution is -0.141. The molecule has 2 aromatic heterocycles. The molecular weight excluding hydrogens is 476 g/mol. The van der Waals surface area contributed by atoms with Crippen LogP contribution >= 0.6 is 0 Å². The second-order valence-corrected chi connectivity index (χ2v) is 8.87. The molecule has 188 valence electrons. The smallest absolute Gasteiger partial charge is 0.433 e. The van der Waals surface area contributed by atoms with Gasteiger partial charge in [0.25, 0.3) is 0 Å². The summed E-state index contributed by atoms with van der Waals surface area (Å²) in [5.41, 5.74) is 0.643. The second-order valence-electron chi connectivity index (χ2n) is 8.87. The summed E-state index contributed by atoms with van der Waals surface area (Å²) in [6.45, 7) is 2.43. The Morgan fingerprint density at radius 2 is 1.89 bits per heavy atom. The summed E-state index contributed by atoms with van der Waals surface area (Å²) < 4.78 is 63.8. The van der Waals surface area contributed by atoms with Crippen molar-refractivity contribution in [2.75, 3.05) is 25.1 Å². The third-order valence-electron chi connectivity index (χ3n) is 6.69. The summed E-state index contributed by atoms with van der Waals surface area (Å²) >= 11 is 0. The molecule has 1 saturated heterocycles. The Morgan fingerprint density at radius 3 is 2.61 bits per heavy atom. The summed E-state index contributed by atoms with van der Waals surface area (Å²) in [6, 6.07) is 12.5. The topological polar surface area (TPSA) is 52.3 Å². The number of imidazole rings is 1. The lowest BCUT2D eigenvalue weighted by atomic mass is 10.1. The molecule has 0 amide bonds. The first-order valence-corrected chi connectivity index (χ1v) is 11.5. The van der Waals surface area contributed by atoms with Gasteiger partial charge in [-0.1, -0.05) is 24.3 Å². The predicted octanol–water partition coefficient (Wildman–Crippen LogP) is 5.17. The lowest BCUT2D eigenvalue weighted by Gasteiger charge is -2.21. The quantitative estimate of drug-likeness (QED) is 0.355. The Balaban J connectivity index is 1.61. The van der Waals surface area contributed by atoms with Crippen molar-refractivity contribution < 1.29 is 22.3 Å². The van der Waals surface area contributed by atoms with Crippen LogP contribution in [0.3, 0.4) is 0 Å². The first kappa shape index (κ1) is 23.9. The van der Waals surface area contributed by atoms with Gasteiger partial charge in [0.15, 0.2) is 0 Å². The van der Waals surface area contributed by atoms with Crippen molar-refractivity contribution in [2.45, 2.75) is 32.1 Å². The van der Waals surface area contributed by atoms with E-state index in [0.717, 1.165) is 11.8 Å². The van der Waals surface area contributed by atoms with Crippen molar-refractivity contribution in [3.8, 4) is 5.75 Å². The number of ether oxygens (including phenoxy) is 1. The number of para-hydroxylation sites is 2. The molecule has 0 unspecified atom stereocenters. The van der Waals surface area contributed by atoms with Gasteiger partial charge < -0.3 is 9.64 Å². The highest BCUT2D eigenvalue weighted by atomic mass is 19.4. The summed E-state index contributed by atoms with van der Waals surface area (Å²) in [7, 11) is 1.45.